The fraction of sp³-hybridized carbons (Fsp3) is 0.304. The maximum absolute atomic E-state index is 4.23. The van der Waals surface area contributed by atoms with Gasteiger partial charge in [0.15, 0.2) is 0 Å². The van der Waals surface area contributed by atoms with E-state index in [0.29, 0.717) is 5.92 Å². The maximum atomic E-state index is 4.23. The molecule has 0 heterocycles. The predicted octanol–water partition coefficient (Wildman–Crippen LogP) is 6.14. The fourth-order valence-electron chi connectivity index (χ4n) is 3.34. The van der Waals surface area contributed by atoms with Crippen molar-refractivity contribution in [3.63, 3.8) is 0 Å². The van der Waals surface area contributed by atoms with Gasteiger partial charge in [0.05, 0.1) is 0 Å². The van der Waals surface area contributed by atoms with Crippen LogP contribution in [0, 0.1) is 5.92 Å². The Hall–Kier alpha value is -2.28. The number of benzene rings is 1. The molecule has 0 amide bonds. The largest absolute Gasteiger partial charge is 0.381 e. The lowest BCUT2D eigenvalue weighted by atomic mass is 9.90. The van der Waals surface area contributed by atoms with E-state index in [1.165, 1.54) is 33.5 Å². The first kappa shape index (κ1) is 18.1. The Morgan fingerprint density at radius 1 is 1.25 bits per heavy atom. The van der Waals surface area contributed by atoms with Crippen molar-refractivity contribution in [3.05, 3.63) is 83.1 Å². The van der Waals surface area contributed by atoms with Crippen molar-refractivity contribution in [3.8, 4) is 0 Å². The summed E-state index contributed by atoms with van der Waals surface area (Å²) in [4.78, 5) is 0. The molecular weight excluding hydrogens is 290 g/mol. The molecule has 1 aromatic carbocycles. The first-order valence-electron chi connectivity index (χ1n) is 8.72. The molecule has 0 bridgehead atoms. The van der Waals surface area contributed by atoms with Crippen LogP contribution in [0.3, 0.4) is 0 Å². The van der Waals surface area contributed by atoms with Crippen LogP contribution in [0.15, 0.2) is 72.0 Å². The minimum atomic E-state index is 0.511. The smallest absolute Gasteiger partial charge is 0.0406 e. The summed E-state index contributed by atoms with van der Waals surface area (Å²) in [6, 6.07) is 8.46. The number of nitrogens with one attached hydrogen (secondary N) is 1. The molecule has 126 valence electrons. The highest BCUT2D eigenvalue weighted by Gasteiger charge is 2.14. The Balaban J connectivity index is 2.37. The Morgan fingerprint density at radius 3 is 2.50 bits per heavy atom. The number of hydrogen-bond acceptors (Lipinski definition) is 1. The first-order chi connectivity index (χ1) is 11.5. The van der Waals surface area contributed by atoms with Gasteiger partial charge in [-0.15, -0.1) is 0 Å². The molecule has 0 spiro atoms. The molecule has 0 saturated heterocycles. The molecule has 0 aliphatic heterocycles. The topological polar surface area (TPSA) is 12.0 Å². The Labute approximate surface area is 147 Å². The van der Waals surface area contributed by atoms with Gasteiger partial charge in [-0.05, 0) is 54.0 Å². The van der Waals surface area contributed by atoms with Crippen LogP contribution in [0.1, 0.15) is 45.2 Å². The molecule has 1 N–H and O–H groups in total. The third-order valence-corrected chi connectivity index (χ3v) is 4.56. The molecule has 0 saturated carbocycles. The van der Waals surface area contributed by atoms with Crippen LogP contribution in [0.2, 0.25) is 0 Å². The zero-order valence-electron chi connectivity index (χ0n) is 15.4. The van der Waals surface area contributed by atoms with Gasteiger partial charge in [-0.25, -0.2) is 0 Å². The van der Waals surface area contributed by atoms with Crippen LogP contribution < -0.4 is 5.32 Å². The Morgan fingerprint density at radius 2 is 1.96 bits per heavy atom. The van der Waals surface area contributed by atoms with Gasteiger partial charge in [0, 0.05) is 12.2 Å². The summed E-state index contributed by atoms with van der Waals surface area (Å²) in [5, 5.41) is 3.61. The first-order valence-corrected chi connectivity index (χ1v) is 8.72. The third-order valence-electron chi connectivity index (χ3n) is 4.56. The van der Waals surface area contributed by atoms with E-state index in [0.717, 1.165) is 18.5 Å². The molecule has 1 aliphatic rings. The summed E-state index contributed by atoms with van der Waals surface area (Å²) >= 11 is 0. The van der Waals surface area contributed by atoms with Crippen molar-refractivity contribution in [2.24, 2.45) is 5.92 Å². The van der Waals surface area contributed by atoms with Gasteiger partial charge in [-0.3, -0.25) is 0 Å². The molecule has 0 fully saturated rings. The second kappa shape index (κ2) is 8.01. The molecule has 24 heavy (non-hydrogen) atoms. The minimum absolute atomic E-state index is 0.511. The van der Waals surface area contributed by atoms with Gasteiger partial charge < -0.3 is 5.32 Å². The van der Waals surface area contributed by atoms with Gasteiger partial charge >= 0.3 is 0 Å². The van der Waals surface area contributed by atoms with Gasteiger partial charge in [0.25, 0.3) is 0 Å². The summed E-state index contributed by atoms with van der Waals surface area (Å²) in [5.74, 6) is 0.511. The second-order valence-electron chi connectivity index (χ2n) is 6.53. The Bertz CT molecular complexity index is 728. The lowest BCUT2D eigenvalue weighted by molar-refractivity contribution is 0.873. The lowest BCUT2D eigenvalue weighted by Gasteiger charge is -2.19. The number of hydrogen-bond donors (Lipinski definition) is 1. The van der Waals surface area contributed by atoms with E-state index in [-0.39, 0.29) is 0 Å². The summed E-state index contributed by atoms with van der Waals surface area (Å²) in [6.07, 6.45) is 7.48. The molecule has 1 unspecified atom stereocenters. The minimum Gasteiger partial charge on any atom is -0.381 e. The quantitative estimate of drug-likeness (QED) is 0.595. The molecule has 1 aliphatic carbocycles. The standard InChI is InChI=1S/C23H29N/c1-7-19-11-9-10-12-21(19)20(8-2)22(16(3)4)15-24-23-14-17(5)13-18(23)6/h7,9-14,17,24H,1,3,8,15H2,2,4-6H3/b22-20-. The molecular formula is C23H29N. The van der Waals surface area contributed by atoms with E-state index in [4.69, 9.17) is 0 Å². The van der Waals surface area contributed by atoms with Crippen molar-refractivity contribution in [1.82, 2.24) is 5.32 Å². The van der Waals surface area contributed by atoms with E-state index in [1.807, 2.05) is 6.08 Å². The third kappa shape index (κ3) is 3.97. The normalized spacial score (nSPS) is 17.8. The van der Waals surface area contributed by atoms with Gasteiger partial charge in [0.2, 0.25) is 0 Å². The highest BCUT2D eigenvalue weighted by Crippen LogP contribution is 2.29. The lowest BCUT2D eigenvalue weighted by Crippen LogP contribution is -2.18. The maximum Gasteiger partial charge on any atom is 0.0406 e. The SMILES string of the molecule is C=Cc1ccccc1/C(CC)=C(/CNC1=CC(C)C=C1C)C(=C)C. The highest BCUT2D eigenvalue weighted by atomic mass is 14.9. The van der Waals surface area contributed by atoms with Gasteiger partial charge in [-0.1, -0.05) is 75.1 Å². The van der Waals surface area contributed by atoms with Crippen LogP contribution >= 0.6 is 0 Å². The summed E-state index contributed by atoms with van der Waals surface area (Å²) in [7, 11) is 0. The van der Waals surface area contributed by atoms with Crippen molar-refractivity contribution < 1.29 is 0 Å². The van der Waals surface area contributed by atoms with Crippen LogP contribution in [0.5, 0.6) is 0 Å². The molecule has 1 nitrogen and oxygen atoms in total. The predicted molar refractivity (Wildman–Crippen MR) is 108 cm³/mol. The molecule has 2 rings (SSSR count). The number of allylic oxidation sites excluding steroid dienone is 4. The average molecular weight is 319 g/mol. The van der Waals surface area contributed by atoms with Crippen LogP contribution in [0.4, 0.5) is 0 Å². The molecule has 1 aromatic rings. The van der Waals surface area contributed by atoms with E-state index in [1.54, 1.807) is 0 Å². The van der Waals surface area contributed by atoms with E-state index in [2.05, 4.69) is 82.6 Å². The molecule has 1 heteroatoms. The van der Waals surface area contributed by atoms with Gasteiger partial charge in [-0.2, -0.15) is 0 Å². The molecule has 1 atom stereocenters. The van der Waals surface area contributed by atoms with Crippen molar-refractivity contribution in [2.75, 3.05) is 6.54 Å². The second-order valence-corrected chi connectivity index (χ2v) is 6.53. The monoisotopic (exact) mass is 319 g/mol. The van der Waals surface area contributed by atoms with E-state index in [9.17, 15) is 0 Å². The highest BCUT2D eigenvalue weighted by molar-refractivity contribution is 5.78. The van der Waals surface area contributed by atoms with Crippen LogP contribution in [-0.4, -0.2) is 6.54 Å². The Kier molecular flexibility index (Phi) is 6.03. The van der Waals surface area contributed by atoms with Crippen LogP contribution in [0.25, 0.3) is 11.6 Å². The summed E-state index contributed by atoms with van der Waals surface area (Å²) in [6.45, 7) is 17.7. The summed E-state index contributed by atoms with van der Waals surface area (Å²) in [5.41, 5.74) is 8.76. The van der Waals surface area contributed by atoms with Crippen molar-refractivity contribution in [1.29, 1.82) is 0 Å². The molecule has 0 radical (unpaired) electrons. The summed E-state index contributed by atoms with van der Waals surface area (Å²) < 4.78 is 0. The number of rotatable bonds is 7. The van der Waals surface area contributed by atoms with Gasteiger partial charge in [0.1, 0.15) is 0 Å². The molecule has 0 aromatic heterocycles. The van der Waals surface area contributed by atoms with Crippen LogP contribution in [-0.2, 0) is 0 Å². The average Bonchev–Trinajstić information content (AvgIpc) is 2.88. The van der Waals surface area contributed by atoms with E-state index >= 15 is 0 Å². The fourth-order valence-corrected chi connectivity index (χ4v) is 3.34. The zero-order valence-corrected chi connectivity index (χ0v) is 15.4. The van der Waals surface area contributed by atoms with Crippen molar-refractivity contribution in [2.45, 2.75) is 34.1 Å². The van der Waals surface area contributed by atoms with E-state index < -0.39 is 0 Å². The van der Waals surface area contributed by atoms with Crippen molar-refractivity contribution >= 4 is 11.6 Å². The zero-order chi connectivity index (χ0) is 17.7.